The van der Waals surface area contributed by atoms with Crippen molar-refractivity contribution in [1.82, 2.24) is 10.2 Å². The third kappa shape index (κ3) is 4.74. The Bertz CT molecular complexity index is 272. The molecule has 0 aliphatic rings. The summed E-state index contributed by atoms with van der Waals surface area (Å²) in [7, 11) is 0. The molecular formula is C14H26N2S. The Balaban J connectivity index is 2.52. The summed E-state index contributed by atoms with van der Waals surface area (Å²) in [4.78, 5) is 0. The lowest BCUT2D eigenvalue weighted by Gasteiger charge is -2.09. The third-order valence-electron chi connectivity index (χ3n) is 3.74. The van der Waals surface area contributed by atoms with Gasteiger partial charge in [-0.1, -0.05) is 53.4 Å². The first-order valence-corrected chi connectivity index (χ1v) is 7.86. The summed E-state index contributed by atoms with van der Waals surface area (Å²) in [5, 5.41) is 11.2. The van der Waals surface area contributed by atoms with E-state index in [0.29, 0.717) is 0 Å². The van der Waals surface area contributed by atoms with Gasteiger partial charge in [0.05, 0.1) is 0 Å². The second kappa shape index (κ2) is 7.80. The zero-order chi connectivity index (χ0) is 12.7. The standard InChI is InChI=1S/C14H26N2S/c1-5-11(6-2)9-13-15-16-14(17-13)10-12(7-3)8-4/h11-12H,5-10H2,1-4H3. The Morgan fingerprint density at radius 3 is 1.41 bits per heavy atom. The van der Waals surface area contributed by atoms with Gasteiger partial charge in [-0.25, -0.2) is 0 Å². The fourth-order valence-electron chi connectivity index (χ4n) is 2.10. The van der Waals surface area contributed by atoms with Crippen LogP contribution >= 0.6 is 11.3 Å². The highest BCUT2D eigenvalue weighted by Gasteiger charge is 2.12. The summed E-state index contributed by atoms with van der Waals surface area (Å²) in [5.41, 5.74) is 0. The lowest BCUT2D eigenvalue weighted by Crippen LogP contribution is -2.00. The summed E-state index contributed by atoms with van der Waals surface area (Å²) < 4.78 is 0. The van der Waals surface area contributed by atoms with E-state index in [0.717, 1.165) is 24.7 Å². The maximum absolute atomic E-state index is 4.34. The van der Waals surface area contributed by atoms with Crippen molar-refractivity contribution in [2.75, 3.05) is 0 Å². The van der Waals surface area contributed by atoms with Crippen LogP contribution in [0.2, 0.25) is 0 Å². The van der Waals surface area contributed by atoms with Crippen molar-refractivity contribution >= 4 is 11.3 Å². The molecule has 17 heavy (non-hydrogen) atoms. The van der Waals surface area contributed by atoms with Crippen LogP contribution in [0, 0.1) is 11.8 Å². The van der Waals surface area contributed by atoms with Gasteiger partial charge >= 0.3 is 0 Å². The van der Waals surface area contributed by atoms with E-state index in [1.54, 1.807) is 0 Å². The van der Waals surface area contributed by atoms with E-state index < -0.39 is 0 Å². The lowest BCUT2D eigenvalue weighted by molar-refractivity contribution is 0.484. The van der Waals surface area contributed by atoms with Gasteiger partial charge in [0.1, 0.15) is 10.0 Å². The molecule has 0 saturated heterocycles. The Labute approximate surface area is 110 Å². The molecule has 0 aliphatic heterocycles. The number of rotatable bonds is 8. The van der Waals surface area contributed by atoms with Crippen molar-refractivity contribution in [3.05, 3.63) is 10.0 Å². The van der Waals surface area contributed by atoms with Crippen LogP contribution in [-0.4, -0.2) is 10.2 Å². The fourth-order valence-corrected chi connectivity index (χ4v) is 3.18. The first-order valence-electron chi connectivity index (χ1n) is 7.04. The van der Waals surface area contributed by atoms with Crippen LogP contribution in [0.1, 0.15) is 63.4 Å². The Morgan fingerprint density at radius 2 is 1.12 bits per heavy atom. The van der Waals surface area contributed by atoms with Crippen molar-refractivity contribution in [3.63, 3.8) is 0 Å². The Hall–Kier alpha value is -0.440. The average Bonchev–Trinajstić information content (AvgIpc) is 2.80. The van der Waals surface area contributed by atoms with Crippen molar-refractivity contribution in [3.8, 4) is 0 Å². The number of nitrogens with zero attached hydrogens (tertiary/aromatic N) is 2. The molecule has 0 fully saturated rings. The van der Waals surface area contributed by atoms with E-state index in [1.165, 1.54) is 35.7 Å². The van der Waals surface area contributed by atoms with Gasteiger partial charge in [0, 0.05) is 12.8 Å². The molecule has 0 amide bonds. The van der Waals surface area contributed by atoms with Gasteiger partial charge in [-0.3, -0.25) is 0 Å². The highest BCUT2D eigenvalue weighted by atomic mass is 32.1. The van der Waals surface area contributed by atoms with E-state index in [1.807, 2.05) is 11.3 Å². The maximum atomic E-state index is 4.34. The van der Waals surface area contributed by atoms with Crippen molar-refractivity contribution in [1.29, 1.82) is 0 Å². The number of hydrogen-bond donors (Lipinski definition) is 0. The zero-order valence-electron chi connectivity index (χ0n) is 11.7. The lowest BCUT2D eigenvalue weighted by atomic mass is 10.0. The summed E-state index contributed by atoms with van der Waals surface area (Å²) in [5.74, 6) is 1.56. The van der Waals surface area contributed by atoms with Gasteiger partial charge in [0.2, 0.25) is 0 Å². The van der Waals surface area contributed by atoms with Crippen molar-refractivity contribution in [2.24, 2.45) is 11.8 Å². The predicted octanol–water partition coefficient (Wildman–Crippen LogP) is 4.50. The van der Waals surface area contributed by atoms with Gasteiger partial charge < -0.3 is 0 Å². The van der Waals surface area contributed by atoms with Gasteiger partial charge in [-0.05, 0) is 11.8 Å². The van der Waals surface area contributed by atoms with Crippen molar-refractivity contribution in [2.45, 2.75) is 66.2 Å². The monoisotopic (exact) mass is 254 g/mol. The highest BCUT2D eigenvalue weighted by Crippen LogP contribution is 2.22. The molecule has 98 valence electrons. The molecule has 1 aromatic heterocycles. The van der Waals surface area contributed by atoms with Crippen LogP contribution in [0.15, 0.2) is 0 Å². The SMILES string of the molecule is CCC(CC)Cc1nnc(CC(CC)CC)s1. The summed E-state index contributed by atoms with van der Waals surface area (Å²) in [6, 6.07) is 0. The molecule has 0 aliphatic carbocycles. The molecule has 0 unspecified atom stereocenters. The molecule has 1 heterocycles. The minimum atomic E-state index is 0.781. The van der Waals surface area contributed by atoms with Crippen LogP contribution < -0.4 is 0 Å². The molecule has 3 heteroatoms. The first-order chi connectivity index (χ1) is 8.23. The Kier molecular flexibility index (Phi) is 6.71. The van der Waals surface area contributed by atoms with Gasteiger partial charge in [0.25, 0.3) is 0 Å². The molecule has 0 spiro atoms. The molecule has 0 radical (unpaired) electrons. The van der Waals surface area contributed by atoms with Crippen LogP contribution in [0.5, 0.6) is 0 Å². The van der Waals surface area contributed by atoms with E-state index in [2.05, 4.69) is 37.9 Å². The number of hydrogen-bond acceptors (Lipinski definition) is 3. The molecular weight excluding hydrogens is 228 g/mol. The summed E-state index contributed by atoms with van der Waals surface area (Å²) >= 11 is 1.83. The van der Waals surface area contributed by atoms with E-state index >= 15 is 0 Å². The quantitative estimate of drug-likeness (QED) is 0.683. The van der Waals surface area contributed by atoms with E-state index in [-0.39, 0.29) is 0 Å². The predicted molar refractivity (Wildman–Crippen MR) is 75.5 cm³/mol. The molecule has 1 aromatic rings. The van der Waals surface area contributed by atoms with Crippen molar-refractivity contribution < 1.29 is 0 Å². The zero-order valence-corrected chi connectivity index (χ0v) is 12.5. The topological polar surface area (TPSA) is 25.8 Å². The third-order valence-corrected chi connectivity index (χ3v) is 4.71. The average molecular weight is 254 g/mol. The van der Waals surface area contributed by atoms with Crippen LogP contribution in [0.3, 0.4) is 0 Å². The normalized spacial score (nSPS) is 11.6. The fraction of sp³-hybridized carbons (Fsp3) is 0.857. The maximum Gasteiger partial charge on any atom is 0.117 e. The van der Waals surface area contributed by atoms with Crippen LogP contribution in [0.25, 0.3) is 0 Å². The molecule has 1 rings (SSSR count). The number of aromatic nitrogens is 2. The molecule has 0 aromatic carbocycles. The second-order valence-electron chi connectivity index (χ2n) is 4.86. The first kappa shape index (κ1) is 14.6. The molecule has 2 nitrogen and oxygen atoms in total. The van der Waals surface area contributed by atoms with Crippen LogP contribution in [0.4, 0.5) is 0 Å². The molecule has 0 saturated carbocycles. The van der Waals surface area contributed by atoms with Gasteiger partial charge in [-0.15, -0.1) is 21.5 Å². The molecule has 0 bridgehead atoms. The Morgan fingerprint density at radius 1 is 0.765 bits per heavy atom. The molecule has 0 atom stereocenters. The van der Waals surface area contributed by atoms with Gasteiger partial charge in [0.15, 0.2) is 0 Å². The van der Waals surface area contributed by atoms with Gasteiger partial charge in [-0.2, -0.15) is 0 Å². The highest BCUT2D eigenvalue weighted by molar-refractivity contribution is 7.11. The second-order valence-corrected chi connectivity index (χ2v) is 6.01. The minimum absolute atomic E-state index is 0.781. The summed E-state index contributed by atoms with van der Waals surface area (Å²) in [6.45, 7) is 9.06. The van der Waals surface area contributed by atoms with Crippen LogP contribution in [-0.2, 0) is 12.8 Å². The largest absolute Gasteiger partial charge is 0.144 e. The minimum Gasteiger partial charge on any atom is -0.144 e. The molecule has 0 N–H and O–H groups in total. The van der Waals surface area contributed by atoms with E-state index in [9.17, 15) is 0 Å². The van der Waals surface area contributed by atoms with E-state index in [4.69, 9.17) is 0 Å². The smallest absolute Gasteiger partial charge is 0.117 e. The summed E-state index contributed by atoms with van der Waals surface area (Å²) in [6.07, 6.45) is 7.23.